The molecule has 0 N–H and O–H groups in total. The van der Waals surface area contributed by atoms with E-state index in [2.05, 4.69) is 168 Å². The smallest absolute Gasteiger partial charge is 0.164 e. The maximum atomic E-state index is 5.08. The van der Waals surface area contributed by atoms with Gasteiger partial charge in [0.25, 0.3) is 0 Å². The molecule has 0 atom stereocenters. The molecule has 0 bridgehead atoms. The Kier molecular flexibility index (Phi) is 7.64. The van der Waals surface area contributed by atoms with Crippen LogP contribution in [0.1, 0.15) is 0 Å². The second-order valence-electron chi connectivity index (χ2n) is 14.0. The number of hydrogen-bond acceptors (Lipinski definition) is 4. The topological polar surface area (TPSA) is 43.6 Å². The summed E-state index contributed by atoms with van der Waals surface area (Å²) in [6.45, 7) is 0. The van der Waals surface area contributed by atoms with Crippen molar-refractivity contribution in [2.75, 3.05) is 0 Å². The minimum atomic E-state index is 0.644. The predicted octanol–water partition coefficient (Wildman–Crippen LogP) is 13.7. The second-order valence-corrected chi connectivity index (χ2v) is 15.1. The number of fused-ring (bicyclic) bond motifs is 6. The summed E-state index contributed by atoms with van der Waals surface area (Å²) in [7, 11) is 0. The Morgan fingerprint density at radius 3 is 1.68 bits per heavy atom. The molecule has 0 saturated heterocycles. The van der Waals surface area contributed by atoms with Crippen molar-refractivity contribution in [2.24, 2.45) is 0 Å². The molecule has 262 valence electrons. The molecule has 5 heteroatoms. The zero-order chi connectivity index (χ0) is 37.0. The fourth-order valence-corrected chi connectivity index (χ4v) is 9.15. The maximum absolute atomic E-state index is 5.08. The lowest BCUT2D eigenvalue weighted by Gasteiger charge is -2.12. The van der Waals surface area contributed by atoms with E-state index in [9.17, 15) is 0 Å². The summed E-state index contributed by atoms with van der Waals surface area (Å²) in [6.07, 6.45) is 0. The average Bonchev–Trinajstić information content (AvgIpc) is 3.82. The lowest BCUT2D eigenvalue weighted by Crippen LogP contribution is -2.00. The van der Waals surface area contributed by atoms with Crippen LogP contribution in [0, 0.1) is 0 Å². The minimum absolute atomic E-state index is 0.644. The Balaban J connectivity index is 0.989. The van der Waals surface area contributed by atoms with E-state index in [1.807, 2.05) is 30.3 Å². The summed E-state index contributed by atoms with van der Waals surface area (Å²) < 4.78 is 4.89. The quantitative estimate of drug-likeness (QED) is 0.171. The first-order valence-electron chi connectivity index (χ1n) is 18.8. The van der Waals surface area contributed by atoms with Crippen LogP contribution in [0.25, 0.3) is 104 Å². The normalized spacial score (nSPS) is 11.6. The Bertz CT molecular complexity index is 3240. The van der Waals surface area contributed by atoms with Crippen LogP contribution < -0.4 is 0 Å². The lowest BCUT2D eigenvalue weighted by atomic mass is 9.99. The van der Waals surface area contributed by atoms with E-state index in [0.717, 1.165) is 33.5 Å². The summed E-state index contributed by atoms with van der Waals surface area (Å²) in [5.74, 6) is 1.96. The van der Waals surface area contributed by atoms with E-state index in [0.29, 0.717) is 17.5 Å². The molecule has 0 aliphatic rings. The number of para-hydroxylation sites is 1. The third-order valence-corrected chi connectivity index (χ3v) is 11.8. The molecule has 0 aliphatic heterocycles. The number of nitrogens with zero attached hydrogens (tertiary/aromatic N) is 4. The van der Waals surface area contributed by atoms with Crippen LogP contribution in [0.4, 0.5) is 0 Å². The van der Waals surface area contributed by atoms with Crippen molar-refractivity contribution in [1.29, 1.82) is 0 Å². The van der Waals surface area contributed by atoms with Crippen molar-refractivity contribution in [3.8, 4) is 62.1 Å². The summed E-state index contributed by atoms with van der Waals surface area (Å²) in [6, 6.07) is 68.7. The van der Waals surface area contributed by atoms with Crippen molar-refractivity contribution in [3.05, 3.63) is 194 Å². The van der Waals surface area contributed by atoms with Gasteiger partial charge in [-0.3, -0.25) is 0 Å². The largest absolute Gasteiger partial charge is 0.309 e. The summed E-state index contributed by atoms with van der Waals surface area (Å²) in [4.78, 5) is 15.1. The zero-order valence-electron chi connectivity index (χ0n) is 30.2. The van der Waals surface area contributed by atoms with Gasteiger partial charge in [0.2, 0.25) is 0 Å². The highest BCUT2D eigenvalue weighted by Crippen LogP contribution is 2.40. The van der Waals surface area contributed by atoms with Gasteiger partial charge in [0, 0.05) is 53.3 Å². The number of benzene rings is 8. The first-order valence-corrected chi connectivity index (χ1v) is 19.6. The van der Waals surface area contributed by atoms with Crippen molar-refractivity contribution < 1.29 is 0 Å². The molecule has 3 aromatic heterocycles. The average molecular weight is 733 g/mol. The highest BCUT2D eigenvalue weighted by Gasteiger charge is 2.17. The highest BCUT2D eigenvalue weighted by atomic mass is 32.1. The maximum Gasteiger partial charge on any atom is 0.164 e. The zero-order valence-corrected chi connectivity index (χ0v) is 31.0. The van der Waals surface area contributed by atoms with Gasteiger partial charge in [-0.2, -0.15) is 0 Å². The SMILES string of the molecule is c1ccc(-c2nc(-c3ccc(-c4cccc(-n5c6ccccc6c6c(-c7ccccc7)cccc65)c4)cc3)nc(-c3ccc4c(c3)sc3ccccc34)n2)cc1. The molecular weight excluding hydrogens is 701 g/mol. The molecule has 0 fully saturated rings. The monoisotopic (exact) mass is 732 g/mol. The molecule has 0 saturated carbocycles. The molecular formula is C51H32N4S. The van der Waals surface area contributed by atoms with Crippen molar-refractivity contribution in [3.63, 3.8) is 0 Å². The van der Waals surface area contributed by atoms with Crippen LogP contribution in [-0.2, 0) is 0 Å². The molecule has 3 heterocycles. The van der Waals surface area contributed by atoms with Crippen LogP contribution in [0.15, 0.2) is 194 Å². The summed E-state index contributed by atoms with van der Waals surface area (Å²) >= 11 is 1.80. The number of aromatic nitrogens is 4. The van der Waals surface area contributed by atoms with Crippen molar-refractivity contribution in [1.82, 2.24) is 19.5 Å². The van der Waals surface area contributed by atoms with Crippen LogP contribution >= 0.6 is 11.3 Å². The van der Waals surface area contributed by atoms with Crippen molar-refractivity contribution >= 4 is 53.3 Å². The van der Waals surface area contributed by atoms with Crippen LogP contribution in [0.5, 0.6) is 0 Å². The lowest BCUT2D eigenvalue weighted by molar-refractivity contribution is 1.07. The second kappa shape index (κ2) is 13.3. The molecule has 0 unspecified atom stereocenters. The molecule has 11 aromatic rings. The number of thiophene rings is 1. The van der Waals surface area contributed by atoms with Gasteiger partial charge >= 0.3 is 0 Å². The van der Waals surface area contributed by atoms with E-state index in [1.165, 1.54) is 53.1 Å². The van der Waals surface area contributed by atoms with E-state index in [1.54, 1.807) is 11.3 Å². The first kappa shape index (κ1) is 32.2. The Morgan fingerprint density at radius 1 is 0.339 bits per heavy atom. The number of hydrogen-bond donors (Lipinski definition) is 0. The number of rotatable bonds is 6. The van der Waals surface area contributed by atoms with E-state index in [-0.39, 0.29) is 0 Å². The Morgan fingerprint density at radius 2 is 0.893 bits per heavy atom. The van der Waals surface area contributed by atoms with Crippen molar-refractivity contribution in [2.45, 2.75) is 0 Å². The van der Waals surface area contributed by atoms with Crippen LogP contribution in [-0.4, -0.2) is 19.5 Å². The van der Waals surface area contributed by atoms with Gasteiger partial charge in [0.1, 0.15) is 0 Å². The predicted molar refractivity (Wildman–Crippen MR) is 234 cm³/mol. The molecule has 4 nitrogen and oxygen atoms in total. The van der Waals surface area contributed by atoms with Crippen LogP contribution in [0.3, 0.4) is 0 Å². The molecule has 0 radical (unpaired) electrons. The van der Waals surface area contributed by atoms with Crippen LogP contribution in [0.2, 0.25) is 0 Å². The van der Waals surface area contributed by atoms with Gasteiger partial charge in [-0.1, -0.05) is 158 Å². The molecule has 0 spiro atoms. The molecule has 11 rings (SSSR count). The van der Waals surface area contributed by atoms with E-state index in [4.69, 9.17) is 15.0 Å². The molecule has 8 aromatic carbocycles. The molecule has 56 heavy (non-hydrogen) atoms. The van der Waals surface area contributed by atoms with E-state index >= 15 is 0 Å². The fraction of sp³-hybridized carbons (Fsp3) is 0. The standard InChI is InChI=1S/C51H32N4S/c1-3-13-34(14-4-1)40-21-12-23-45-48(40)43-20-7-9-22-44(43)55(45)39-18-11-17-37(31-39)33-25-27-36(28-26-33)50-52-49(35-15-5-2-6-16-35)53-51(54-50)38-29-30-42-41-19-8-10-24-46(41)56-47(42)32-38/h1-32H. The van der Waals surface area contributed by atoms with Gasteiger partial charge < -0.3 is 4.57 Å². The third-order valence-electron chi connectivity index (χ3n) is 10.7. The minimum Gasteiger partial charge on any atom is -0.309 e. The van der Waals surface area contributed by atoms with E-state index < -0.39 is 0 Å². The van der Waals surface area contributed by atoms with Gasteiger partial charge in [-0.15, -0.1) is 11.3 Å². The molecule has 0 amide bonds. The van der Waals surface area contributed by atoms with Gasteiger partial charge in [0.15, 0.2) is 17.5 Å². The Hall–Kier alpha value is -7.21. The van der Waals surface area contributed by atoms with Gasteiger partial charge in [-0.25, -0.2) is 15.0 Å². The van der Waals surface area contributed by atoms with Gasteiger partial charge in [-0.05, 0) is 58.7 Å². The fourth-order valence-electron chi connectivity index (χ4n) is 8.01. The molecule has 0 aliphatic carbocycles. The first-order chi connectivity index (χ1) is 27.7. The highest BCUT2D eigenvalue weighted by molar-refractivity contribution is 7.25. The summed E-state index contributed by atoms with van der Waals surface area (Å²) in [5.41, 5.74) is 11.1. The summed E-state index contributed by atoms with van der Waals surface area (Å²) in [5, 5.41) is 5.03. The Labute approximate surface area is 327 Å². The third kappa shape index (κ3) is 5.48. The van der Waals surface area contributed by atoms with Gasteiger partial charge in [0.05, 0.1) is 11.0 Å².